The van der Waals surface area contributed by atoms with Crippen LogP contribution in [-0.2, 0) is 11.3 Å². The number of esters is 1. The number of para-hydroxylation sites is 1. The van der Waals surface area contributed by atoms with Gasteiger partial charge in [-0.15, -0.1) is 0 Å². The second kappa shape index (κ2) is 8.79. The Balaban J connectivity index is 1.40. The predicted octanol–water partition coefficient (Wildman–Crippen LogP) is 3.77. The lowest BCUT2D eigenvalue weighted by Gasteiger charge is -2.10. The fourth-order valence-corrected chi connectivity index (χ4v) is 3.56. The monoisotopic (exact) mass is 414 g/mol. The molecular weight excluding hydrogens is 392 g/mol. The summed E-state index contributed by atoms with van der Waals surface area (Å²) < 4.78 is 8.98. The number of rotatable bonds is 7. The molecule has 2 aromatic heterocycles. The number of Topliss-reactive ketones (excluding diaryl/α,β-unsaturated/α-hetero) is 1. The van der Waals surface area contributed by atoms with E-state index in [-0.39, 0.29) is 12.4 Å². The first-order valence-electron chi connectivity index (χ1n) is 9.89. The summed E-state index contributed by atoms with van der Waals surface area (Å²) in [5.41, 5.74) is 4.68. The van der Waals surface area contributed by atoms with E-state index >= 15 is 0 Å². The second-order valence-corrected chi connectivity index (χ2v) is 7.25. The third-order valence-corrected chi connectivity index (χ3v) is 5.08. The van der Waals surface area contributed by atoms with Crippen LogP contribution in [0.5, 0.6) is 0 Å². The first kappa shape index (κ1) is 20.3. The number of aryl methyl sites for hydroxylation is 1. The van der Waals surface area contributed by atoms with Gasteiger partial charge in [0.15, 0.2) is 6.61 Å². The Hall–Kier alpha value is -4.00. The van der Waals surface area contributed by atoms with Gasteiger partial charge in [0.05, 0.1) is 12.1 Å². The van der Waals surface area contributed by atoms with E-state index in [2.05, 4.69) is 10.1 Å². The molecule has 2 aromatic carbocycles. The number of carbonyl (C=O) groups is 2. The third-order valence-electron chi connectivity index (χ3n) is 5.08. The molecule has 0 bridgehead atoms. The van der Waals surface area contributed by atoms with E-state index in [4.69, 9.17) is 4.74 Å². The molecule has 7 heteroatoms. The van der Waals surface area contributed by atoms with Crippen LogP contribution < -0.4 is 0 Å². The average molecular weight is 414 g/mol. The molecule has 2 heterocycles. The topological polar surface area (TPSA) is 79.0 Å². The highest BCUT2D eigenvalue weighted by atomic mass is 16.5. The van der Waals surface area contributed by atoms with Crippen LogP contribution in [0, 0.1) is 13.8 Å². The van der Waals surface area contributed by atoms with E-state index in [0.717, 1.165) is 22.6 Å². The van der Waals surface area contributed by atoms with Gasteiger partial charge in [-0.1, -0.05) is 30.3 Å². The standard InChI is InChI=1S/C24H22N4O3/c1-17-12-22(18(2)28(17)21-6-4-3-5-7-21)23(29)14-31-24(30)20-10-8-19(9-11-20)13-27-16-25-15-26-27/h3-12,15-16H,13-14H2,1-2H3. The summed E-state index contributed by atoms with van der Waals surface area (Å²) in [6.07, 6.45) is 3.10. The minimum atomic E-state index is -0.530. The van der Waals surface area contributed by atoms with Gasteiger partial charge in [0.25, 0.3) is 0 Å². The molecule has 0 unspecified atom stereocenters. The van der Waals surface area contributed by atoms with Gasteiger partial charge in [-0.05, 0) is 49.7 Å². The van der Waals surface area contributed by atoms with Crippen LogP contribution in [0.1, 0.15) is 37.7 Å². The summed E-state index contributed by atoms with van der Waals surface area (Å²) in [7, 11) is 0. The van der Waals surface area contributed by atoms with E-state index in [1.807, 2.05) is 66.9 Å². The van der Waals surface area contributed by atoms with Crippen molar-refractivity contribution >= 4 is 11.8 Å². The van der Waals surface area contributed by atoms with Crippen LogP contribution in [0.2, 0.25) is 0 Å². The van der Waals surface area contributed by atoms with E-state index in [1.54, 1.807) is 23.1 Å². The summed E-state index contributed by atoms with van der Waals surface area (Å²) in [6.45, 7) is 4.09. The molecule has 7 nitrogen and oxygen atoms in total. The summed E-state index contributed by atoms with van der Waals surface area (Å²) in [4.78, 5) is 29.0. The van der Waals surface area contributed by atoms with Crippen LogP contribution in [0.15, 0.2) is 73.3 Å². The number of nitrogens with zero attached hydrogens (tertiary/aromatic N) is 4. The molecule has 0 amide bonds. The van der Waals surface area contributed by atoms with Gasteiger partial charge in [-0.2, -0.15) is 5.10 Å². The first-order valence-corrected chi connectivity index (χ1v) is 9.89. The zero-order valence-electron chi connectivity index (χ0n) is 17.4. The summed E-state index contributed by atoms with van der Waals surface area (Å²) in [6, 6.07) is 18.7. The fourth-order valence-electron chi connectivity index (χ4n) is 3.56. The van der Waals surface area contributed by atoms with Gasteiger partial charge < -0.3 is 9.30 Å². The smallest absolute Gasteiger partial charge is 0.338 e. The normalized spacial score (nSPS) is 10.8. The van der Waals surface area contributed by atoms with Crippen LogP contribution in [0.25, 0.3) is 5.69 Å². The summed E-state index contributed by atoms with van der Waals surface area (Å²) in [5.74, 6) is -0.760. The maximum Gasteiger partial charge on any atom is 0.338 e. The Labute approximate surface area is 179 Å². The maximum absolute atomic E-state index is 12.7. The van der Waals surface area contributed by atoms with Crippen LogP contribution >= 0.6 is 0 Å². The lowest BCUT2D eigenvalue weighted by Crippen LogP contribution is -2.15. The molecule has 0 fully saturated rings. The number of aromatic nitrogens is 4. The molecule has 4 aromatic rings. The van der Waals surface area contributed by atoms with Gasteiger partial charge >= 0.3 is 5.97 Å². The van der Waals surface area contributed by atoms with Crippen molar-refractivity contribution in [3.63, 3.8) is 0 Å². The molecule has 0 N–H and O–H groups in total. The SMILES string of the molecule is Cc1cc(C(=O)COC(=O)c2ccc(Cn3cncn3)cc2)c(C)n1-c1ccccc1. The molecule has 0 saturated heterocycles. The number of ketones is 1. The second-order valence-electron chi connectivity index (χ2n) is 7.25. The Bertz CT molecular complexity index is 1190. The largest absolute Gasteiger partial charge is 0.454 e. The lowest BCUT2D eigenvalue weighted by molar-refractivity contribution is 0.0474. The maximum atomic E-state index is 12.7. The molecule has 0 aliphatic rings. The molecule has 0 aliphatic heterocycles. The number of carbonyl (C=O) groups excluding carboxylic acids is 2. The minimum absolute atomic E-state index is 0.230. The van der Waals surface area contributed by atoms with Gasteiger partial charge in [-0.25, -0.2) is 14.5 Å². The number of benzene rings is 2. The quantitative estimate of drug-likeness (QED) is 0.340. The first-order chi connectivity index (χ1) is 15.0. The van der Waals surface area contributed by atoms with Crippen molar-refractivity contribution in [1.82, 2.24) is 19.3 Å². The van der Waals surface area contributed by atoms with Crippen molar-refractivity contribution in [3.8, 4) is 5.69 Å². The van der Waals surface area contributed by atoms with Crippen LogP contribution in [0.4, 0.5) is 0 Å². The highest BCUT2D eigenvalue weighted by molar-refractivity contribution is 6.00. The molecule has 4 rings (SSSR count). The van der Waals surface area contributed by atoms with Gasteiger partial charge in [-0.3, -0.25) is 4.79 Å². The van der Waals surface area contributed by atoms with Crippen LogP contribution in [0.3, 0.4) is 0 Å². The number of hydrogen-bond acceptors (Lipinski definition) is 5. The van der Waals surface area contributed by atoms with E-state index in [1.165, 1.54) is 6.33 Å². The Kier molecular flexibility index (Phi) is 5.75. The van der Waals surface area contributed by atoms with Crippen molar-refractivity contribution in [2.75, 3.05) is 6.61 Å². The molecule has 0 radical (unpaired) electrons. The minimum Gasteiger partial charge on any atom is -0.454 e. The number of hydrogen-bond donors (Lipinski definition) is 0. The molecule has 0 spiro atoms. The zero-order chi connectivity index (χ0) is 21.8. The van der Waals surface area contributed by atoms with E-state index in [9.17, 15) is 9.59 Å². The lowest BCUT2D eigenvalue weighted by atomic mass is 10.1. The Morgan fingerprint density at radius 3 is 2.42 bits per heavy atom. The molecule has 0 aliphatic carbocycles. The highest BCUT2D eigenvalue weighted by Gasteiger charge is 2.18. The molecule has 0 saturated carbocycles. The van der Waals surface area contributed by atoms with Crippen molar-refractivity contribution in [1.29, 1.82) is 0 Å². The van der Waals surface area contributed by atoms with Gasteiger partial charge in [0, 0.05) is 22.6 Å². The average Bonchev–Trinajstić information content (AvgIpc) is 3.40. The Morgan fingerprint density at radius 1 is 1.00 bits per heavy atom. The fraction of sp³-hybridized carbons (Fsp3) is 0.167. The highest BCUT2D eigenvalue weighted by Crippen LogP contribution is 2.21. The summed E-state index contributed by atoms with van der Waals surface area (Å²) in [5, 5.41) is 4.06. The predicted molar refractivity (Wildman–Crippen MR) is 115 cm³/mol. The van der Waals surface area contributed by atoms with Crippen LogP contribution in [-0.4, -0.2) is 37.7 Å². The van der Waals surface area contributed by atoms with Crippen molar-refractivity contribution < 1.29 is 14.3 Å². The van der Waals surface area contributed by atoms with Crippen molar-refractivity contribution in [2.24, 2.45) is 0 Å². The number of ether oxygens (including phenoxy) is 1. The van der Waals surface area contributed by atoms with Crippen molar-refractivity contribution in [3.05, 3.63) is 101 Å². The zero-order valence-corrected chi connectivity index (χ0v) is 17.4. The van der Waals surface area contributed by atoms with E-state index in [0.29, 0.717) is 17.7 Å². The molecule has 0 atom stereocenters. The molecule has 31 heavy (non-hydrogen) atoms. The van der Waals surface area contributed by atoms with E-state index < -0.39 is 5.97 Å². The summed E-state index contributed by atoms with van der Waals surface area (Å²) >= 11 is 0. The van der Waals surface area contributed by atoms with Gasteiger partial charge in [0.2, 0.25) is 5.78 Å². The molecular formula is C24H22N4O3. The van der Waals surface area contributed by atoms with Gasteiger partial charge in [0.1, 0.15) is 12.7 Å². The van der Waals surface area contributed by atoms with Crippen molar-refractivity contribution in [2.45, 2.75) is 20.4 Å². The third kappa shape index (κ3) is 4.45. The Morgan fingerprint density at radius 2 is 1.74 bits per heavy atom. The molecule has 156 valence electrons.